The average molecular weight is 400 g/mol. The van der Waals surface area contributed by atoms with Gasteiger partial charge >= 0.3 is 6.09 Å². The van der Waals surface area contributed by atoms with Crippen molar-refractivity contribution in [2.24, 2.45) is 0 Å². The normalized spacial score (nSPS) is 14.3. The number of carbonyl (C=O) groups excluding carboxylic acids is 2. The zero-order valence-corrected chi connectivity index (χ0v) is 16.3. The maximum atomic E-state index is 12.4. The van der Waals surface area contributed by atoms with E-state index in [4.69, 9.17) is 13.9 Å². The highest BCUT2D eigenvalue weighted by Crippen LogP contribution is 2.13. The number of piperidine rings is 1. The van der Waals surface area contributed by atoms with Crippen LogP contribution in [0.5, 0.6) is 5.75 Å². The minimum atomic E-state index is -0.466. The zero-order valence-electron chi connectivity index (χ0n) is 16.3. The molecule has 3 rings (SSSR count). The van der Waals surface area contributed by atoms with Gasteiger partial charge in [-0.25, -0.2) is 4.79 Å². The predicted octanol–water partition coefficient (Wildman–Crippen LogP) is 2.57. The molecular formula is C21H24N2O6. The van der Waals surface area contributed by atoms with E-state index in [9.17, 15) is 14.4 Å². The first-order chi connectivity index (χ1) is 14.1. The van der Waals surface area contributed by atoms with Crippen molar-refractivity contribution in [3.05, 3.63) is 64.2 Å². The third-order valence-corrected chi connectivity index (χ3v) is 4.62. The monoisotopic (exact) mass is 400 g/mol. The Hall–Kier alpha value is -3.29. The largest absolute Gasteiger partial charge is 0.482 e. The van der Waals surface area contributed by atoms with E-state index in [1.54, 1.807) is 11.8 Å². The van der Waals surface area contributed by atoms with E-state index in [-0.39, 0.29) is 30.3 Å². The topological polar surface area (TPSA) is 98.1 Å². The van der Waals surface area contributed by atoms with Gasteiger partial charge in [-0.3, -0.25) is 9.59 Å². The van der Waals surface area contributed by atoms with Gasteiger partial charge < -0.3 is 24.1 Å². The maximum Gasteiger partial charge on any atom is 0.409 e. The van der Waals surface area contributed by atoms with Gasteiger partial charge in [0.15, 0.2) is 5.76 Å². The molecule has 29 heavy (non-hydrogen) atoms. The second-order valence-electron chi connectivity index (χ2n) is 6.68. The molecule has 1 saturated heterocycles. The third kappa shape index (κ3) is 5.60. The summed E-state index contributed by atoms with van der Waals surface area (Å²) in [7, 11) is 0. The number of benzene rings is 1. The van der Waals surface area contributed by atoms with E-state index in [0.29, 0.717) is 32.5 Å². The van der Waals surface area contributed by atoms with E-state index in [2.05, 4.69) is 5.32 Å². The van der Waals surface area contributed by atoms with Crippen molar-refractivity contribution in [2.75, 3.05) is 19.7 Å². The number of hydrogen-bond acceptors (Lipinski definition) is 6. The second kappa shape index (κ2) is 9.77. The van der Waals surface area contributed by atoms with Gasteiger partial charge in [0.25, 0.3) is 5.91 Å². The van der Waals surface area contributed by atoms with E-state index < -0.39 is 11.3 Å². The summed E-state index contributed by atoms with van der Waals surface area (Å²) < 4.78 is 15.8. The molecule has 1 aliphatic rings. The molecule has 1 aromatic heterocycles. The van der Waals surface area contributed by atoms with Crippen molar-refractivity contribution >= 4 is 12.0 Å². The molecule has 0 spiro atoms. The fraction of sp³-hybridized carbons (Fsp3) is 0.381. The first-order valence-electron chi connectivity index (χ1n) is 9.59. The highest BCUT2D eigenvalue weighted by Gasteiger charge is 2.25. The van der Waals surface area contributed by atoms with Crippen LogP contribution in [0.3, 0.4) is 0 Å². The lowest BCUT2D eigenvalue weighted by Crippen LogP contribution is -2.46. The van der Waals surface area contributed by atoms with Crippen LogP contribution in [0.25, 0.3) is 0 Å². The minimum absolute atomic E-state index is 0.0492. The molecular weight excluding hydrogens is 376 g/mol. The molecule has 2 heterocycles. The smallest absolute Gasteiger partial charge is 0.409 e. The summed E-state index contributed by atoms with van der Waals surface area (Å²) in [5.41, 5.74) is 0.498. The van der Waals surface area contributed by atoms with Crippen LogP contribution in [0, 0.1) is 0 Å². The number of amides is 2. The standard InChI is InChI=1S/C21H24N2O6/c1-2-27-21(26)23-10-8-16(9-11-23)22-20(25)18-12-17(24)19(14-29-18)28-13-15-6-4-3-5-7-15/h3-7,12,14,16H,2,8-11,13H2,1H3,(H,22,25). The Balaban J connectivity index is 1.52. The molecule has 0 radical (unpaired) electrons. The molecule has 1 aliphatic heterocycles. The lowest BCUT2D eigenvalue weighted by molar-refractivity contribution is 0.0838. The van der Waals surface area contributed by atoms with Gasteiger partial charge in [0.2, 0.25) is 11.2 Å². The van der Waals surface area contributed by atoms with E-state index in [1.165, 1.54) is 0 Å². The third-order valence-electron chi connectivity index (χ3n) is 4.62. The summed E-state index contributed by atoms with van der Waals surface area (Å²) >= 11 is 0. The molecule has 0 aliphatic carbocycles. The fourth-order valence-electron chi connectivity index (χ4n) is 3.04. The van der Waals surface area contributed by atoms with Crippen molar-refractivity contribution in [1.29, 1.82) is 0 Å². The Morgan fingerprint density at radius 1 is 1.21 bits per heavy atom. The Kier molecular flexibility index (Phi) is 6.89. The second-order valence-corrected chi connectivity index (χ2v) is 6.68. The van der Waals surface area contributed by atoms with Crippen LogP contribution in [0.15, 0.2) is 51.9 Å². The van der Waals surface area contributed by atoms with Gasteiger partial charge in [0.1, 0.15) is 12.9 Å². The molecule has 1 aromatic carbocycles. The van der Waals surface area contributed by atoms with Gasteiger partial charge in [-0.15, -0.1) is 0 Å². The fourth-order valence-corrected chi connectivity index (χ4v) is 3.04. The molecule has 0 unspecified atom stereocenters. The van der Waals surface area contributed by atoms with E-state index in [0.717, 1.165) is 17.9 Å². The van der Waals surface area contributed by atoms with Crippen molar-refractivity contribution in [3.63, 3.8) is 0 Å². The van der Waals surface area contributed by atoms with Gasteiger partial charge in [-0.1, -0.05) is 30.3 Å². The van der Waals surface area contributed by atoms with Crippen molar-refractivity contribution in [3.8, 4) is 5.75 Å². The Labute approximate surface area is 168 Å². The van der Waals surface area contributed by atoms with Gasteiger partial charge in [0.05, 0.1) is 6.61 Å². The zero-order chi connectivity index (χ0) is 20.6. The van der Waals surface area contributed by atoms with Crippen LogP contribution in [0.1, 0.15) is 35.9 Å². The first kappa shape index (κ1) is 20.4. The first-order valence-corrected chi connectivity index (χ1v) is 9.59. The molecule has 154 valence electrons. The Bertz CT molecular complexity index is 888. The van der Waals surface area contributed by atoms with Crippen LogP contribution >= 0.6 is 0 Å². The molecule has 0 atom stereocenters. The van der Waals surface area contributed by atoms with E-state index >= 15 is 0 Å². The van der Waals surface area contributed by atoms with Crippen LogP contribution in [0.4, 0.5) is 4.79 Å². The lowest BCUT2D eigenvalue weighted by Gasteiger charge is -2.31. The molecule has 1 fully saturated rings. The highest BCUT2D eigenvalue weighted by atomic mass is 16.6. The van der Waals surface area contributed by atoms with E-state index in [1.807, 2.05) is 30.3 Å². The number of carbonyl (C=O) groups is 2. The van der Waals surface area contributed by atoms with Gasteiger partial charge in [-0.2, -0.15) is 0 Å². The Morgan fingerprint density at radius 2 is 1.93 bits per heavy atom. The van der Waals surface area contributed by atoms with Crippen LogP contribution in [-0.2, 0) is 11.3 Å². The number of nitrogens with zero attached hydrogens (tertiary/aromatic N) is 1. The predicted molar refractivity (Wildman–Crippen MR) is 105 cm³/mol. The number of nitrogens with one attached hydrogen (secondary N) is 1. The average Bonchev–Trinajstić information content (AvgIpc) is 2.74. The molecule has 0 saturated carbocycles. The summed E-state index contributed by atoms with van der Waals surface area (Å²) in [6, 6.07) is 10.5. The minimum Gasteiger partial charge on any atom is -0.482 e. The maximum absolute atomic E-state index is 12.4. The summed E-state index contributed by atoms with van der Waals surface area (Å²) in [6.07, 6.45) is 2.03. The molecule has 1 N–H and O–H groups in total. The number of rotatable bonds is 6. The van der Waals surface area contributed by atoms with Crippen LogP contribution in [-0.4, -0.2) is 42.6 Å². The van der Waals surface area contributed by atoms with Gasteiger partial charge in [-0.05, 0) is 25.3 Å². The number of hydrogen-bond donors (Lipinski definition) is 1. The molecule has 8 nitrogen and oxygen atoms in total. The lowest BCUT2D eigenvalue weighted by atomic mass is 10.1. The Morgan fingerprint density at radius 3 is 2.59 bits per heavy atom. The quantitative estimate of drug-likeness (QED) is 0.800. The van der Waals surface area contributed by atoms with Crippen LogP contribution in [0.2, 0.25) is 0 Å². The summed E-state index contributed by atoms with van der Waals surface area (Å²) in [4.78, 5) is 37.9. The van der Waals surface area contributed by atoms with Crippen molar-refractivity contribution in [2.45, 2.75) is 32.4 Å². The van der Waals surface area contributed by atoms with Crippen molar-refractivity contribution < 1.29 is 23.5 Å². The molecule has 2 amide bonds. The SMILES string of the molecule is CCOC(=O)N1CCC(NC(=O)c2cc(=O)c(OCc3ccccc3)co2)CC1. The molecule has 0 bridgehead atoms. The number of ether oxygens (including phenoxy) is 2. The van der Waals surface area contributed by atoms with Crippen molar-refractivity contribution in [1.82, 2.24) is 10.2 Å². The van der Waals surface area contributed by atoms with Gasteiger partial charge in [0, 0.05) is 25.2 Å². The molecule has 8 heteroatoms. The summed E-state index contributed by atoms with van der Waals surface area (Å²) in [5.74, 6) is -0.491. The molecule has 2 aromatic rings. The summed E-state index contributed by atoms with van der Waals surface area (Å²) in [6.45, 7) is 3.33. The summed E-state index contributed by atoms with van der Waals surface area (Å²) in [5, 5.41) is 2.84. The van der Waals surface area contributed by atoms with Crippen LogP contribution < -0.4 is 15.5 Å². The number of likely N-dealkylation sites (tertiary alicyclic amines) is 1. The highest BCUT2D eigenvalue weighted by molar-refractivity contribution is 5.91.